The zero-order valence-electron chi connectivity index (χ0n) is 5.43. The first-order valence-corrected chi connectivity index (χ1v) is 4.98. The molecule has 0 radical (unpaired) electrons. The van der Waals surface area contributed by atoms with Crippen molar-refractivity contribution >= 4 is 33.0 Å². The van der Waals surface area contributed by atoms with Gasteiger partial charge in [-0.3, -0.25) is 0 Å². The van der Waals surface area contributed by atoms with Gasteiger partial charge in [0.25, 0.3) is 0 Å². The van der Waals surface area contributed by atoms with Gasteiger partial charge in [-0.25, -0.2) is 0 Å². The van der Waals surface area contributed by atoms with Crippen LogP contribution in [0.25, 0.3) is 0 Å². The van der Waals surface area contributed by atoms with Crippen molar-refractivity contribution in [3.63, 3.8) is 0 Å². The lowest BCUT2D eigenvalue weighted by molar-refractivity contribution is 1.15. The maximum absolute atomic E-state index is 5.81. The second-order valence-corrected chi connectivity index (χ2v) is 4.85. The van der Waals surface area contributed by atoms with Crippen molar-refractivity contribution in [3.8, 4) is 0 Å². The van der Waals surface area contributed by atoms with Crippen LogP contribution in [-0.4, -0.2) is 0 Å². The molecule has 1 heterocycles. The molecule has 1 aliphatic carbocycles. The number of anilines is 1. The van der Waals surface area contributed by atoms with Crippen molar-refractivity contribution in [1.29, 1.82) is 0 Å². The summed E-state index contributed by atoms with van der Waals surface area (Å²) >= 11 is 5.10. The van der Waals surface area contributed by atoms with E-state index in [2.05, 4.69) is 21.3 Å². The van der Waals surface area contributed by atoms with Crippen LogP contribution in [0.3, 0.4) is 0 Å². The van der Waals surface area contributed by atoms with E-state index in [9.17, 15) is 0 Å². The van der Waals surface area contributed by atoms with E-state index < -0.39 is 0 Å². The molecular formula is C7H8BrNS. The molecule has 54 valence electrons. The molecule has 0 aliphatic heterocycles. The minimum absolute atomic E-state index is 0.780. The monoisotopic (exact) mass is 217 g/mol. The van der Waals surface area contributed by atoms with Crippen LogP contribution in [-0.2, 0) is 0 Å². The van der Waals surface area contributed by atoms with Gasteiger partial charge in [0.2, 0.25) is 0 Å². The molecule has 0 aromatic carbocycles. The highest BCUT2D eigenvalue weighted by molar-refractivity contribution is 9.11. The summed E-state index contributed by atoms with van der Waals surface area (Å²) in [4.78, 5) is 0. The van der Waals surface area contributed by atoms with Crippen LogP contribution in [0, 0.1) is 0 Å². The average molecular weight is 218 g/mol. The molecule has 1 aromatic heterocycles. The molecule has 0 atom stereocenters. The quantitative estimate of drug-likeness (QED) is 0.770. The number of halogens is 1. The predicted molar refractivity (Wildman–Crippen MR) is 48.4 cm³/mol. The summed E-state index contributed by atoms with van der Waals surface area (Å²) in [6, 6.07) is 0. The van der Waals surface area contributed by atoms with Gasteiger partial charge in [-0.15, -0.1) is 11.3 Å². The first-order valence-electron chi connectivity index (χ1n) is 3.31. The Labute approximate surface area is 72.4 Å². The highest BCUT2D eigenvalue weighted by atomic mass is 79.9. The Morgan fingerprint density at radius 1 is 1.60 bits per heavy atom. The fraction of sp³-hybridized carbons (Fsp3) is 0.429. The summed E-state index contributed by atoms with van der Waals surface area (Å²) in [6.07, 6.45) is 2.65. The third-order valence-corrected chi connectivity index (χ3v) is 3.62. The molecular weight excluding hydrogens is 210 g/mol. The lowest BCUT2D eigenvalue weighted by Gasteiger charge is -1.93. The number of nitrogen functional groups attached to an aromatic ring is 1. The van der Waals surface area contributed by atoms with Crippen molar-refractivity contribution in [2.75, 3.05) is 5.73 Å². The van der Waals surface area contributed by atoms with Gasteiger partial charge in [0.15, 0.2) is 0 Å². The summed E-state index contributed by atoms with van der Waals surface area (Å²) in [5.74, 6) is 0.780. The van der Waals surface area contributed by atoms with Gasteiger partial charge in [-0.2, -0.15) is 0 Å². The molecule has 1 fully saturated rings. The van der Waals surface area contributed by atoms with Gasteiger partial charge in [0, 0.05) is 0 Å². The number of thiophene rings is 1. The second kappa shape index (κ2) is 2.24. The van der Waals surface area contributed by atoms with E-state index in [4.69, 9.17) is 5.73 Å². The number of nitrogens with two attached hydrogens (primary N) is 1. The summed E-state index contributed by atoms with van der Waals surface area (Å²) in [5, 5.41) is 2.16. The van der Waals surface area contributed by atoms with Crippen LogP contribution < -0.4 is 5.73 Å². The fourth-order valence-corrected chi connectivity index (χ4v) is 2.37. The minimum Gasteiger partial charge on any atom is -0.397 e. The van der Waals surface area contributed by atoms with Gasteiger partial charge in [0.05, 0.1) is 9.47 Å². The van der Waals surface area contributed by atoms with E-state index in [1.54, 1.807) is 11.3 Å². The Morgan fingerprint density at radius 3 is 2.70 bits per heavy atom. The summed E-state index contributed by atoms with van der Waals surface area (Å²) in [6.45, 7) is 0. The maximum atomic E-state index is 5.81. The van der Waals surface area contributed by atoms with Crippen molar-refractivity contribution < 1.29 is 0 Å². The second-order valence-electron chi connectivity index (χ2n) is 2.65. The molecule has 0 unspecified atom stereocenters. The van der Waals surface area contributed by atoms with E-state index >= 15 is 0 Å². The number of hydrogen-bond donors (Lipinski definition) is 1. The Bertz CT molecular complexity index is 252. The lowest BCUT2D eigenvalue weighted by Crippen LogP contribution is -1.86. The van der Waals surface area contributed by atoms with Gasteiger partial charge in [-0.05, 0) is 45.6 Å². The van der Waals surface area contributed by atoms with Gasteiger partial charge >= 0.3 is 0 Å². The SMILES string of the molecule is Nc1c(C2CC2)csc1Br. The van der Waals surface area contributed by atoms with Crippen molar-refractivity contribution in [1.82, 2.24) is 0 Å². The third-order valence-electron chi connectivity index (χ3n) is 1.83. The molecule has 2 N–H and O–H groups in total. The third kappa shape index (κ3) is 0.974. The maximum Gasteiger partial charge on any atom is 0.0930 e. The molecule has 1 aromatic rings. The molecule has 0 spiro atoms. The molecule has 0 saturated heterocycles. The Morgan fingerprint density at radius 2 is 2.30 bits per heavy atom. The zero-order valence-corrected chi connectivity index (χ0v) is 7.83. The van der Waals surface area contributed by atoms with Gasteiger partial charge in [0.1, 0.15) is 0 Å². The molecule has 1 saturated carbocycles. The molecule has 0 amide bonds. The molecule has 2 rings (SSSR count). The van der Waals surface area contributed by atoms with Crippen molar-refractivity contribution in [2.45, 2.75) is 18.8 Å². The topological polar surface area (TPSA) is 26.0 Å². The molecule has 1 nitrogen and oxygen atoms in total. The smallest absolute Gasteiger partial charge is 0.0930 e. The lowest BCUT2D eigenvalue weighted by atomic mass is 10.2. The fourth-order valence-electron chi connectivity index (χ4n) is 1.07. The minimum atomic E-state index is 0.780. The Balaban J connectivity index is 2.40. The van der Waals surface area contributed by atoms with Crippen LogP contribution in [0.5, 0.6) is 0 Å². The van der Waals surface area contributed by atoms with Gasteiger partial charge in [-0.1, -0.05) is 0 Å². The van der Waals surface area contributed by atoms with Crippen LogP contribution in [0.4, 0.5) is 5.69 Å². The number of rotatable bonds is 1. The van der Waals surface area contributed by atoms with Crippen molar-refractivity contribution in [2.24, 2.45) is 0 Å². The highest BCUT2D eigenvalue weighted by Gasteiger charge is 2.26. The predicted octanol–water partition coefficient (Wildman–Crippen LogP) is 2.97. The number of hydrogen-bond acceptors (Lipinski definition) is 2. The van der Waals surface area contributed by atoms with Crippen LogP contribution in [0.15, 0.2) is 9.17 Å². The summed E-state index contributed by atoms with van der Waals surface area (Å²) in [7, 11) is 0. The first-order chi connectivity index (χ1) is 4.79. The van der Waals surface area contributed by atoms with E-state index in [1.807, 2.05) is 0 Å². The highest BCUT2D eigenvalue weighted by Crippen LogP contribution is 2.46. The molecule has 3 heteroatoms. The average Bonchev–Trinajstić information content (AvgIpc) is 2.67. The molecule has 1 aliphatic rings. The van der Waals surface area contributed by atoms with Crippen LogP contribution >= 0.6 is 27.3 Å². The van der Waals surface area contributed by atoms with Crippen LogP contribution in [0.2, 0.25) is 0 Å². The van der Waals surface area contributed by atoms with E-state index in [-0.39, 0.29) is 0 Å². The van der Waals surface area contributed by atoms with Crippen molar-refractivity contribution in [3.05, 3.63) is 14.7 Å². The summed E-state index contributed by atoms with van der Waals surface area (Å²) < 4.78 is 1.09. The normalized spacial score (nSPS) is 17.7. The molecule has 0 bridgehead atoms. The Hall–Kier alpha value is -0.0200. The molecule has 10 heavy (non-hydrogen) atoms. The van der Waals surface area contributed by atoms with Crippen LogP contribution in [0.1, 0.15) is 24.3 Å². The van der Waals surface area contributed by atoms with Gasteiger partial charge < -0.3 is 5.73 Å². The first kappa shape index (κ1) is 6.68. The summed E-state index contributed by atoms with van der Waals surface area (Å²) in [5.41, 5.74) is 8.13. The largest absolute Gasteiger partial charge is 0.397 e. The zero-order chi connectivity index (χ0) is 7.14. The standard InChI is InChI=1S/C7H8BrNS/c8-7-6(9)5(3-10-7)4-1-2-4/h3-4H,1-2,9H2. The van der Waals surface area contributed by atoms with E-state index in [0.29, 0.717) is 0 Å². The van der Waals surface area contributed by atoms with E-state index in [1.165, 1.54) is 18.4 Å². The van der Waals surface area contributed by atoms with E-state index in [0.717, 1.165) is 15.4 Å². The Kier molecular flexibility index (Phi) is 1.49.